The van der Waals surface area contributed by atoms with E-state index in [0.29, 0.717) is 12.3 Å². The number of nitrogens with zero attached hydrogens (tertiary/aromatic N) is 1. The summed E-state index contributed by atoms with van der Waals surface area (Å²) >= 11 is 0. The average Bonchev–Trinajstić information content (AvgIpc) is 3.11. The van der Waals surface area contributed by atoms with Crippen molar-refractivity contribution in [3.05, 3.63) is 65.9 Å². The van der Waals surface area contributed by atoms with Crippen LogP contribution in [0.5, 0.6) is 5.75 Å². The van der Waals surface area contributed by atoms with Crippen molar-refractivity contribution < 1.29 is 23.8 Å². The second kappa shape index (κ2) is 10.5. The van der Waals surface area contributed by atoms with Crippen LogP contribution in [0.2, 0.25) is 0 Å². The van der Waals surface area contributed by atoms with Gasteiger partial charge >= 0.3 is 11.9 Å². The highest BCUT2D eigenvalue weighted by atomic mass is 16.5. The third kappa shape index (κ3) is 5.41. The smallest absolute Gasteiger partial charge is 0.355 e. The number of carbonyl (C=O) groups excluding carboxylic acids is 2. The molecule has 158 valence electrons. The van der Waals surface area contributed by atoms with Crippen LogP contribution in [-0.4, -0.2) is 29.7 Å². The molecule has 0 aliphatic carbocycles. The lowest BCUT2D eigenvalue weighted by molar-refractivity contribution is -0.143. The molecule has 30 heavy (non-hydrogen) atoms. The van der Waals surface area contributed by atoms with Crippen LogP contribution in [0.4, 0.5) is 0 Å². The maximum absolute atomic E-state index is 12.8. The monoisotopic (exact) mass is 409 g/mol. The summed E-state index contributed by atoms with van der Waals surface area (Å²) in [6.45, 7) is 4.86. The van der Waals surface area contributed by atoms with Gasteiger partial charge in [0, 0.05) is 10.9 Å². The Labute approximate surface area is 176 Å². The van der Waals surface area contributed by atoms with Crippen LogP contribution in [0.15, 0.2) is 54.6 Å². The molecule has 0 spiro atoms. The van der Waals surface area contributed by atoms with E-state index in [-0.39, 0.29) is 19.8 Å². The minimum Gasteiger partial charge on any atom is -0.494 e. The van der Waals surface area contributed by atoms with Gasteiger partial charge in [0.05, 0.1) is 13.2 Å². The molecule has 6 nitrogen and oxygen atoms in total. The van der Waals surface area contributed by atoms with Crippen LogP contribution in [-0.2, 0) is 27.4 Å². The number of aromatic nitrogens is 1. The number of ether oxygens (including phenoxy) is 3. The number of esters is 2. The first-order chi connectivity index (χ1) is 14.6. The summed E-state index contributed by atoms with van der Waals surface area (Å²) in [5.74, 6) is -0.170. The van der Waals surface area contributed by atoms with Gasteiger partial charge in [-0.1, -0.05) is 43.7 Å². The molecule has 0 aliphatic heterocycles. The van der Waals surface area contributed by atoms with Gasteiger partial charge < -0.3 is 18.8 Å². The molecule has 0 fully saturated rings. The van der Waals surface area contributed by atoms with E-state index in [1.807, 2.05) is 48.5 Å². The first kappa shape index (κ1) is 21.4. The molecule has 0 N–H and O–H groups in total. The highest BCUT2D eigenvalue weighted by molar-refractivity contribution is 5.97. The molecule has 3 aromatic rings. The summed E-state index contributed by atoms with van der Waals surface area (Å²) in [7, 11) is 0. The van der Waals surface area contributed by atoms with E-state index < -0.39 is 11.9 Å². The van der Waals surface area contributed by atoms with Gasteiger partial charge in [-0.15, -0.1) is 0 Å². The predicted octanol–water partition coefficient (Wildman–Crippen LogP) is 4.74. The van der Waals surface area contributed by atoms with Crippen LogP contribution in [0.3, 0.4) is 0 Å². The lowest BCUT2D eigenvalue weighted by atomic mass is 10.2. The van der Waals surface area contributed by atoms with Crippen molar-refractivity contribution in [1.82, 2.24) is 4.57 Å². The van der Waals surface area contributed by atoms with E-state index in [1.54, 1.807) is 17.6 Å². The van der Waals surface area contributed by atoms with Crippen LogP contribution >= 0.6 is 0 Å². The molecule has 0 bridgehead atoms. The van der Waals surface area contributed by atoms with E-state index in [0.717, 1.165) is 35.1 Å². The minimum atomic E-state index is -0.493. The van der Waals surface area contributed by atoms with Gasteiger partial charge in [-0.05, 0) is 43.2 Å². The van der Waals surface area contributed by atoms with E-state index in [2.05, 4.69) is 6.92 Å². The van der Waals surface area contributed by atoms with Gasteiger partial charge in [-0.2, -0.15) is 0 Å². The molecule has 1 aromatic heterocycles. The van der Waals surface area contributed by atoms with Gasteiger partial charge in [0.1, 0.15) is 24.6 Å². The SMILES string of the molecule is CCCCOc1ccc2c(c1)cc(C(=O)OCc1ccccc1)n2CC(=O)OCC. The number of unbranched alkanes of at least 4 members (excludes halogenated alkanes) is 1. The number of hydrogen-bond donors (Lipinski definition) is 0. The van der Waals surface area contributed by atoms with Crippen molar-refractivity contribution in [3.8, 4) is 5.75 Å². The van der Waals surface area contributed by atoms with Crippen molar-refractivity contribution in [2.24, 2.45) is 0 Å². The van der Waals surface area contributed by atoms with E-state index >= 15 is 0 Å². The first-order valence-electron chi connectivity index (χ1n) is 10.2. The Morgan fingerprint density at radius 2 is 1.77 bits per heavy atom. The fraction of sp³-hybridized carbons (Fsp3) is 0.333. The maximum atomic E-state index is 12.8. The van der Waals surface area contributed by atoms with Crippen molar-refractivity contribution in [3.63, 3.8) is 0 Å². The fourth-order valence-electron chi connectivity index (χ4n) is 3.15. The molecular weight excluding hydrogens is 382 g/mol. The first-order valence-corrected chi connectivity index (χ1v) is 10.2. The summed E-state index contributed by atoms with van der Waals surface area (Å²) in [5, 5.41) is 0.806. The fourth-order valence-corrected chi connectivity index (χ4v) is 3.15. The summed E-state index contributed by atoms with van der Waals surface area (Å²) < 4.78 is 18.0. The van der Waals surface area contributed by atoms with Gasteiger partial charge in [0.15, 0.2) is 0 Å². The Kier molecular flexibility index (Phi) is 7.49. The van der Waals surface area contributed by atoms with Crippen LogP contribution in [0.25, 0.3) is 10.9 Å². The van der Waals surface area contributed by atoms with E-state index in [9.17, 15) is 9.59 Å². The van der Waals surface area contributed by atoms with Crippen molar-refractivity contribution in [1.29, 1.82) is 0 Å². The summed E-state index contributed by atoms with van der Waals surface area (Å²) in [6, 6.07) is 16.8. The summed E-state index contributed by atoms with van der Waals surface area (Å²) in [6.07, 6.45) is 2.02. The third-order valence-corrected chi connectivity index (χ3v) is 4.65. The summed E-state index contributed by atoms with van der Waals surface area (Å²) in [5.41, 5.74) is 1.95. The van der Waals surface area contributed by atoms with Gasteiger partial charge in [-0.3, -0.25) is 4.79 Å². The van der Waals surface area contributed by atoms with Crippen LogP contribution in [0.1, 0.15) is 42.7 Å². The molecule has 1 heterocycles. The molecule has 0 saturated heterocycles. The van der Waals surface area contributed by atoms with E-state index in [1.165, 1.54) is 0 Å². The highest BCUT2D eigenvalue weighted by Crippen LogP contribution is 2.26. The number of benzene rings is 2. The Morgan fingerprint density at radius 1 is 0.967 bits per heavy atom. The topological polar surface area (TPSA) is 66.8 Å². The van der Waals surface area contributed by atoms with Crippen LogP contribution in [0, 0.1) is 0 Å². The Morgan fingerprint density at radius 3 is 2.50 bits per heavy atom. The average molecular weight is 409 g/mol. The molecule has 3 rings (SSSR count). The third-order valence-electron chi connectivity index (χ3n) is 4.65. The van der Waals surface area contributed by atoms with Crippen molar-refractivity contribution in [2.75, 3.05) is 13.2 Å². The largest absolute Gasteiger partial charge is 0.494 e. The minimum absolute atomic E-state index is 0.0663. The normalized spacial score (nSPS) is 10.7. The van der Waals surface area contributed by atoms with Gasteiger partial charge in [-0.25, -0.2) is 4.79 Å². The number of fused-ring (bicyclic) bond motifs is 1. The number of rotatable bonds is 10. The predicted molar refractivity (Wildman–Crippen MR) is 115 cm³/mol. The molecule has 0 radical (unpaired) electrons. The van der Waals surface area contributed by atoms with Gasteiger partial charge in [0.2, 0.25) is 0 Å². The Balaban J connectivity index is 1.87. The van der Waals surface area contributed by atoms with Crippen molar-refractivity contribution >= 4 is 22.8 Å². The zero-order valence-electron chi connectivity index (χ0n) is 17.4. The maximum Gasteiger partial charge on any atom is 0.355 e. The molecule has 0 unspecified atom stereocenters. The van der Waals surface area contributed by atoms with Gasteiger partial charge in [0.25, 0.3) is 0 Å². The lowest BCUT2D eigenvalue weighted by Crippen LogP contribution is -2.18. The molecule has 0 aliphatic rings. The zero-order chi connectivity index (χ0) is 21.3. The van der Waals surface area contributed by atoms with Crippen molar-refractivity contribution in [2.45, 2.75) is 39.8 Å². The molecule has 0 atom stereocenters. The molecule has 0 saturated carbocycles. The lowest BCUT2D eigenvalue weighted by Gasteiger charge is -2.11. The quantitative estimate of drug-likeness (QED) is 0.357. The Hall–Kier alpha value is -3.28. The molecule has 6 heteroatoms. The summed E-state index contributed by atoms with van der Waals surface area (Å²) in [4.78, 5) is 24.9. The zero-order valence-corrected chi connectivity index (χ0v) is 17.4. The number of carbonyl (C=O) groups is 2. The van der Waals surface area contributed by atoms with Crippen LogP contribution < -0.4 is 4.74 Å². The Bertz CT molecular complexity index is 994. The second-order valence-electron chi connectivity index (χ2n) is 6.91. The highest BCUT2D eigenvalue weighted by Gasteiger charge is 2.20. The second-order valence-corrected chi connectivity index (χ2v) is 6.91. The van der Waals surface area contributed by atoms with E-state index in [4.69, 9.17) is 14.2 Å². The molecule has 2 aromatic carbocycles. The number of hydrogen-bond acceptors (Lipinski definition) is 5. The standard InChI is InChI=1S/C24H27NO5/c1-3-5-13-29-20-11-12-21-19(14-20)15-22(25(21)16-23(26)28-4-2)24(27)30-17-18-9-7-6-8-10-18/h6-12,14-15H,3-5,13,16-17H2,1-2H3. The molecule has 0 amide bonds. The molecular formula is C24H27NO5.